The van der Waals surface area contributed by atoms with Gasteiger partial charge in [-0.2, -0.15) is 0 Å². The quantitative estimate of drug-likeness (QED) is 0.864. The van der Waals surface area contributed by atoms with Gasteiger partial charge < -0.3 is 9.32 Å². The van der Waals surface area contributed by atoms with Crippen LogP contribution in [0.3, 0.4) is 0 Å². The van der Waals surface area contributed by atoms with E-state index in [1.807, 2.05) is 24.0 Å². The van der Waals surface area contributed by atoms with Gasteiger partial charge in [-0.15, -0.1) is 11.3 Å². The molecule has 0 bridgehead atoms. The Morgan fingerprint density at radius 3 is 2.87 bits per heavy atom. The van der Waals surface area contributed by atoms with Gasteiger partial charge in [0.25, 0.3) is 0 Å². The zero-order chi connectivity index (χ0) is 15.8. The third kappa shape index (κ3) is 3.19. The fourth-order valence-electron chi connectivity index (χ4n) is 3.36. The molecule has 0 unspecified atom stereocenters. The highest BCUT2D eigenvalue weighted by Crippen LogP contribution is 2.48. The molecule has 0 radical (unpaired) electrons. The van der Waals surface area contributed by atoms with Gasteiger partial charge in [0.15, 0.2) is 0 Å². The van der Waals surface area contributed by atoms with E-state index in [-0.39, 0.29) is 5.92 Å². The number of amides is 1. The average molecular weight is 331 g/mol. The first kappa shape index (κ1) is 14.9. The molecule has 122 valence electrons. The van der Waals surface area contributed by atoms with Gasteiger partial charge in [0.2, 0.25) is 5.91 Å². The molecule has 4 rings (SSSR count). The minimum absolute atomic E-state index is 0.133. The molecule has 3 heterocycles. The molecule has 2 aromatic heterocycles. The molecule has 1 saturated carbocycles. The van der Waals surface area contributed by atoms with Crippen molar-refractivity contribution in [1.82, 2.24) is 14.8 Å². The van der Waals surface area contributed by atoms with Crippen LogP contribution in [-0.4, -0.2) is 46.9 Å². The van der Waals surface area contributed by atoms with Crippen molar-refractivity contribution in [2.75, 3.05) is 26.2 Å². The van der Waals surface area contributed by atoms with Crippen LogP contribution in [0.1, 0.15) is 28.8 Å². The first-order chi connectivity index (χ1) is 11.2. The molecule has 0 aromatic carbocycles. The molecule has 1 amide bonds. The van der Waals surface area contributed by atoms with Crippen molar-refractivity contribution in [3.05, 3.63) is 40.2 Å². The highest BCUT2D eigenvalue weighted by atomic mass is 32.1. The van der Waals surface area contributed by atoms with Crippen molar-refractivity contribution in [2.24, 2.45) is 5.92 Å². The normalized spacial score (nSPS) is 24.8. The Morgan fingerprint density at radius 1 is 1.39 bits per heavy atom. The Hall–Kier alpha value is -1.66. The number of thiazole rings is 1. The first-order valence-corrected chi connectivity index (χ1v) is 9.04. The van der Waals surface area contributed by atoms with Crippen molar-refractivity contribution in [1.29, 1.82) is 0 Å². The Kier molecular flexibility index (Phi) is 3.95. The molecule has 1 aliphatic carbocycles. The standard InChI is InChI=1S/C17H21N3O2S/c1-12-18-13(11-23-12)10-19-4-6-20(7-5-19)17(21)15-9-14(15)16-3-2-8-22-16/h2-3,8,11,14-15H,4-7,9-10H2,1H3/t14-,15+/m1/s1. The Balaban J connectivity index is 1.27. The number of nitrogens with zero attached hydrogens (tertiary/aromatic N) is 3. The van der Waals surface area contributed by atoms with Crippen molar-refractivity contribution >= 4 is 17.2 Å². The van der Waals surface area contributed by atoms with E-state index < -0.39 is 0 Å². The first-order valence-electron chi connectivity index (χ1n) is 8.16. The van der Waals surface area contributed by atoms with Crippen molar-refractivity contribution < 1.29 is 9.21 Å². The van der Waals surface area contributed by atoms with Crippen LogP contribution in [0.4, 0.5) is 0 Å². The number of piperazine rings is 1. The lowest BCUT2D eigenvalue weighted by molar-refractivity contribution is -0.134. The van der Waals surface area contributed by atoms with Crippen LogP contribution >= 0.6 is 11.3 Å². The molecule has 1 saturated heterocycles. The lowest BCUT2D eigenvalue weighted by Gasteiger charge is -2.34. The Labute approximate surface area is 139 Å². The van der Waals surface area contributed by atoms with Crippen LogP contribution in [0.15, 0.2) is 28.2 Å². The van der Waals surface area contributed by atoms with E-state index in [1.54, 1.807) is 17.6 Å². The average Bonchev–Trinajstić information content (AvgIpc) is 2.96. The summed E-state index contributed by atoms with van der Waals surface area (Å²) in [4.78, 5) is 21.5. The van der Waals surface area contributed by atoms with Gasteiger partial charge in [-0.05, 0) is 25.5 Å². The van der Waals surface area contributed by atoms with Gasteiger partial charge in [-0.3, -0.25) is 9.69 Å². The summed E-state index contributed by atoms with van der Waals surface area (Å²) in [5.74, 6) is 1.69. The van der Waals surface area contributed by atoms with Gasteiger partial charge in [-0.25, -0.2) is 4.98 Å². The molecule has 0 spiro atoms. The van der Waals surface area contributed by atoms with E-state index in [0.29, 0.717) is 11.8 Å². The predicted molar refractivity (Wildman–Crippen MR) is 88.3 cm³/mol. The van der Waals surface area contributed by atoms with Gasteiger partial charge >= 0.3 is 0 Å². The summed E-state index contributed by atoms with van der Waals surface area (Å²) in [7, 11) is 0. The number of hydrogen-bond acceptors (Lipinski definition) is 5. The van der Waals surface area contributed by atoms with E-state index in [1.165, 1.54) is 0 Å². The minimum atomic E-state index is 0.133. The van der Waals surface area contributed by atoms with E-state index in [2.05, 4.69) is 15.3 Å². The third-order valence-electron chi connectivity index (χ3n) is 4.75. The molecule has 2 fully saturated rings. The number of aryl methyl sites for hydroxylation is 1. The molecule has 5 nitrogen and oxygen atoms in total. The van der Waals surface area contributed by atoms with Crippen LogP contribution in [0, 0.1) is 12.8 Å². The van der Waals surface area contributed by atoms with Crippen LogP contribution < -0.4 is 0 Å². The van der Waals surface area contributed by atoms with Crippen LogP contribution in [-0.2, 0) is 11.3 Å². The van der Waals surface area contributed by atoms with Crippen LogP contribution in [0.5, 0.6) is 0 Å². The topological polar surface area (TPSA) is 49.6 Å². The molecule has 1 aliphatic heterocycles. The fourth-order valence-corrected chi connectivity index (χ4v) is 3.96. The van der Waals surface area contributed by atoms with Gasteiger partial charge in [0.1, 0.15) is 5.76 Å². The second-order valence-corrected chi connectivity index (χ2v) is 7.49. The van der Waals surface area contributed by atoms with E-state index in [9.17, 15) is 4.79 Å². The number of rotatable bonds is 4. The molecule has 2 aliphatic rings. The highest BCUT2D eigenvalue weighted by Gasteiger charge is 2.47. The maximum Gasteiger partial charge on any atom is 0.226 e. The number of hydrogen-bond donors (Lipinski definition) is 0. The van der Waals surface area contributed by atoms with E-state index in [0.717, 1.165) is 55.6 Å². The number of carbonyl (C=O) groups is 1. The SMILES string of the molecule is Cc1nc(CN2CCN(C(=O)[C@H]3C[C@H]3c3ccco3)CC2)cs1. The predicted octanol–water partition coefficient (Wildman–Crippen LogP) is 2.49. The molecule has 2 atom stereocenters. The van der Waals surface area contributed by atoms with Crippen LogP contribution in [0.25, 0.3) is 0 Å². The summed E-state index contributed by atoms with van der Waals surface area (Å²) < 4.78 is 5.43. The summed E-state index contributed by atoms with van der Waals surface area (Å²) in [6.07, 6.45) is 2.62. The smallest absolute Gasteiger partial charge is 0.226 e. The molecule has 6 heteroatoms. The molecule has 0 N–H and O–H groups in total. The van der Waals surface area contributed by atoms with E-state index in [4.69, 9.17) is 4.42 Å². The number of carbonyl (C=O) groups excluding carboxylic acids is 1. The van der Waals surface area contributed by atoms with Crippen LogP contribution in [0.2, 0.25) is 0 Å². The summed E-state index contributed by atoms with van der Waals surface area (Å²) in [5, 5.41) is 3.25. The zero-order valence-corrected chi connectivity index (χ0v) is 14.1. The molecular formula is C17H21N3O2S. The summed E-state index contributed by atoms with van der Waals surface area (Å²) in [5.41, 5.74) is 1.15. The Morgan fingerprint density at radius 2 is 2.22 bits per heavy atom. The largest absolute Gasteiger partial charge is 0.469 e. The van der Waals surface area contributed by atoms with Gasteiger partial charge in [0, 0.05) is 49.9 Å². The Bertz CT molecular complexity index is 674. The van der Waals surface area contributed by atoms with Crippen molar-refractivity contribution in [2.45, 2.75) is 25.8 Å². The van der Waals surface area contributed by atoms with Gasteiger partial charge in [0.05, 0.1) is 17.0 Å². The lowest BCUT2D eigenvalue weighted by atomic mass is 10.2. The maximum atomic E-state index is 12.6. The fraction of sp³-hybridized carbons (Fsp3) is 0.529. The third-order valence-corrected chi connectivity index (χ3v) is 5.57. The summed E-state index contributed by atoms with van der Waals surface area (Å²) in [6.45, 7) is 6.44. The highest BCUT2D eigenvalue weighted by molar-refractivity contribution is 7.09. The molecule has 23 heavy (non-hydrogen) atoms. The summed E-state index contributed by atoms with van der Waals surface area (Å²) in [6, 6.07) is 3.87. The molecule has 2 aromatic rings. The number of furan rings is 1. The maximum absolute atomic E-state index is 12.6. The second-order valence-electron chi connectivity index (χ2n) is 6.42. The minimum Gasteiger partial charge on any atom is -0.469 e. The monoisotopic (exact) mass is 331 g/mol. The van der Waals surface area contributed by atoms with Crippen molar-refractivity contribution in [3.8, 4) is 0 Å². The second kappa shape index (κ2) is 6.09. The summed E-state index contributed by atoms with van der Waals surface area (Å²) >= 11 is 1.70. The van der Waals surface area contributed by atoms with E-state index >= 15 is 0 Å². The lowest BCUT2D eigenvalue weighted by Crippen LogP contribution is -2.48. The molecular weight excluding hydrogens is 310 g/mol. The zero-order valence-electron chi connectivity index (χ0n) is 13.3. The van der Waals surface area contributed by atoms with Crippen molar-refractivity contribution in [3.63, 3.8) is 0 Å². The number of aromatic nitrogens is 1. The van der Waals surface area contributed by atoms with Gasteiger partial charge in [-0.1, -0.05) is 0 Å².